The fourth-order valence-corrected chi connectivity index (χ4v) is 0.781. The molecule has 9 heavy (non-hydrogen) atoms. The summed E-state index contributed by atoms with van der Waals surface area (Å²) in [5, 5.41) is 0. The van der Waals surface area contributed by atoms with E-state index in [1.165, 1.54) is 5.84 Å². The molecule has 0 aliphatic carbocycles. The zero-order valence-electron chi connectivity index (χ0n) is 6.81. The molecule has 0 atom stereocenters. The first-order chi connectivity index (χ1) is 4.26. The van der Waals surface area contributed by atoms with Crippen molar-refractivity contribution < 1.29 is 0 Å². The topological polar surface area (TPSA) is 15.6 Å². The van der Waals surface area contributed by atoms with E-state index in [9.17, 15) is 0 Å². The summed E-state index contributed by atoms with van der Waals surface area (Å²) in [6.07, 6.45) is 1.03. The summed E-state index contributed by atoms with van der Waals surface area (Å²) < 4.78 is 0. The largest absolute Gasteiger partial charge is 0.364 e. The predicted octanol–water partition coefficient (Wildman–Crippen LogP) is 1.38. The van der Waals surface area contributed by atoms with Crippen LogP contribution in [0.4, 0.5) is 0 Å². The Hall–Kier alpha value is -0.530. The molecule has 0 N–H and O–H groups in total. The van der Waals surface area contributed by atoms with E-state index in [0.717, 1.165) is 13.0 Å². The molecule has 2 heteroatoms. The quantitative estimate of drug-likeness (QED) is 0.405. The molecule has 0 aromatic heterocycles. The van der Waals surface area contributed by atoms with Gasteiger partial charge in [-0.15, -0.1) is 0 Å². The van der Waals surface area contributed by atoms with Crippen molar-refractivity contribution in [3.05, 3.63) is 0 Å². The van der Waals surface area contributed by atoms with E-state index in [1.54, 1.807) is 0 Å². The second-order valence-corrected chi connectivity index (χ2v) is 2.01. The summed E-state index contributed by atoms with van der Waals surface area (Å²) in [5.41, 5.74) is 0. The number of amidine groups is 1. The lowest BCUT2D eigenvalue weighted by Gasteiger charge is -2.16. The molecule has 2 nitrogen and oxygen atoms in total. The van der Waals surface area contributed by atoms with Gasteiger partial charge in [0.2, 0.25) is 0 Å². The van der Waals surface area contributed by atoms with Crippen LogP contribution >= 0.6 is 0 Å². The number of aliphatic imine (C=N–C) groups is 1. The SMILES string of the molecule is CC/C(=N/C)N(C)CC. The smallest absolute Gasteiger partial charge is 0.0979 e. The molecule has 0 aliphatic heterocycles. The standard InChI is InChI=1S/C7H16N2/c1-5-7(8-3)9(4)6-2/h5-6H2,1-4H3/b8-7-. The molecule has 0 amide bonds. The van der Waals surface area contributed by atoms with Crippen molar-refractivity contribution in [2.24, 2.45) is 4.99 Å². The van der Waals surface area contributed by atoms with Gasteiger partial charge in [0.25, 0.3) is 0 Å². The van der Waals surface area contributed by atoms with Crippen molar-refractivity contribution in [3.8, 4) is 0 Å². The van der Waals surface area contributed by atoms with Gasteiger partial charge >= 0.3 is 0 Å². The van der Waals surface area contributed by atoms with Gasteiger partial charge in [0.05, 0.1) is 5.84 Å². The summed E-state index contributed by atoms with van der Waals surface area (Å²) >= 11 is 0. The van der Waals surface area contributed by atoms with Crippen molar-refractivity contribution in [1.29, 1.82) is 0 Å². The van der Waals surface area contributed by atoms with Gasteiger partial charge in [0, 0.05) is 27.1 Å². The van der Waals surface area contributed by atoms with E-state index in [1.807, 2.05) is 7.05 Å². The van der Waals surface area contributed by atoms with Gasteiger partial charge in [-0.2, -0.15) is 0 Å². The maximum absolute atomic E-state index is 4.12. The Morgan fingerprint density at radius 1 is 1.44 bits per heavy atom. The molecule has 54 valence electrons. The molecule has 0 unspecified atom stereocenters. The highest BCUT2D eigenvalue weighted by atomic mass is 15.1. The summed E-state index contributed by atoms with van der Waals surface area (Å²) in [6.45, 7) is 5.29. The molecule has 0 fully saturated rings. The molecule has 0 saturated heterocycles. The first-order valence-corrected chi connectivity index (χ1v) is 3.43. The Kier molecular flexibility index (Phi) is 4.10. The number of hydrogen-bond donors (Lipinski definition) is 0. The van der Waals surface area contributed by atoms with E-state index in [-0.39, 0.29) is 0 Å². The van der Waals surface area contributed by atoms with Crippen LogP contribution < -0.4 is 0 Å². The Balaban J connectivity index is 3.80. The van der Waals surface area contributed by atoms with Crippen molar-refractivity contribution in [3.63, 3.8) is 0 Å². The molecular weight excluding hydrogens is 112 g/mol. The van der Waals surface area contributed by atoms with Crippen LogP contribution in [-0.4, -0.2) is 31.4 Å². The van der Waals surface area contributed by atoms with Crippen LogP contribution in [0, 0.1) is 0 Å². The van der Waals surface area contributed by atoms with E-state index in [0.29, 0.717) is 0 Å². The van der Waals surface area contributed by atoms with E-state index in [4.69, 9.17) is 0 Å². The highest BCUT2D eigenvalue weighted by Gasteiger charge is 1.97. The summed E-state index contributed by atoms with van der Waals surface area (Å²) in [7, 11) is 3.90. The molecule has 0 spiro atoms. The van der Waals surface area contributed by atoms with Gasteiger partial charge in [0.1, 0.15) is 0 Å². The van der Waals surface area contributed by atoms with Crippen LogP contribution in [0.2, 0.25) is 0 Å². The molecule has 0 aromatic rings. The van der Waals surface area contributed by atoms with Crippen LogP contribution in [0.5, 0.6) is 0 Å². The molecule has 0 bridgehead atoms. The molecule has 0 rings (SSSR count). The second kappa shape index (κ2) is 4.36. The van der Waals surface area contributed by atoms with Gasteiger partial charge < -0.3 is 4.90 Å². The van der Waals surface area contributed by atoms with Crippen LogP contribution in [0.15, 0.2) is 4.99 Å². The van der Waals surface area contributed by atoms with Gasteiger partial charge in [-0.25, -0.2) is 0 Å². The van der Waals surface area contributed by atoms with Gasteiger partial charge in [0.15, 0.2) is 0 Å². The summed E-state index contributed by atoms with van der Waals surface area (Å²) in [4.78, 5) is 6.27. The molecule has 0 saturated carbocycles. The molecule has 0 radical (unpaired) electrons. The van der Waals surface area contributed by atoms with E-state index in [2.05, 4.69) is 30.8 Å². The number of rotatable bonds is 2. The average molecular weight is 128 g/mol. The zero-order valence-corrected chi connectivity index (χ0v) is 6.81. The molecule has 0 aliphatic rings. The van der Waals surface area contributed by atoms with Crippen LogP contribution in [0.3, 0.4) is 0 Å². The lowest BCUT2D eigenvalue weighted by Crippen LogP contribution is -2.25. The average Bonchev–Trinajstić information content (AvgIpc) is 1.90. The maximum atomic E-state index is 4.12. The first-order valence-electron chi connectivity index (χ1n) is 3.43. The number of hydrogen-bond acceptors (Lipinski definition) is 1. The van der Waals surface area contributed by atoms with Crippen molar-refractivity contribution in [1.82, 2.24) is 4.90 Å². The Morgan fingerprint density at radius 3 is 2.11 bits per heavy atom. The minimum Gasteiger partial charge on any atom is -0.364 e. The van der Waals surface area contributed by atoms with Crippen molar-refractivity contribution >= 4 is 5.84 Å². The van der Waals surface area contributed by atoms with Gasteiger partial charge in [-0.1, -0.05) is 6.92 Å². The third kappa shape index (κ3) is 2.49. The molecular formula is C7H16N2. The van der Waals surface area contributed by atoms with Crippen LogP contribution in [0.1, 0.15) is 20.3 Å². The van der Waals surface area contributed by atoms with Crippen LogP contribution in [-0.2, 0) is 0 Å². The first kappa shape index (κ1) is 8.47. The Labute approximate surface area is 57.6 Å². The monoisotopic (exact) mass is 128 g/mol. The zero-order chi connectivity index (χ0) is 7.28. The molecule has 0 heterocycles. The van der Waals surface area contributed by atoms with Crippen molar-refractivity contribution in [2.75, 3.05) is 20.6 Å². The Bertz CT molecular complexity index is 97.1. The second-order valence-electron chi connectivity index (χ2n) is 2.01. The van der Waals surface area contributed by atoms with Gasteiger partial charge in [-0.05, 0) is 6.92 Å². The van der Waals surface area contributed by atoms with E-state index < -0.39 is 0 Å². The van der Waals surface area contributed by atoms with Crippen molar-refractivity contribution in [2.45, 2.75) is 20.3 Å². The molecule has 0 aromatic carbocycles. The minimum atomic E-state index is 1.03. The maximum Gasteiger partial charge on any atom is 0.0979 e. The highest BCUT2D eigenvalue weighted by molar-refractivity contribution is 5.81. The van der Waals surface area contributed by atoms with Gasteiger partial charge in [-0.3, -0.25) is 4.99 Å². The summed E-state index contributed by atoms with van der Waals surface area (Å²) in [6, 6.07) is 0. The predicted molar refractivity (Wildman–Crippen MR) is 42.0 cm³/mol. The number of nitrogens with zero attached hydrogens (tertiary/aromatic N) is 2. The highest BCUT2D eigenvalue weighted by Crippen LogP contribution is 1.90. The fourth-order valence-electron chi connectivity index (χ4n) is 0.781. The normalized spacial score (nSPS) is 11.8. The van der Waals surface area contributed by atoms with Crippen LogP contribution in [0.25, 0.3) is 0 Å². The summed E-state index contributed by atoms with van der Waals surface area (Å²) in [5.74, 6) is 1.18. The lowest BCUT2D eigenvalue weighted by molar-refractivity contribution is 0.523. The fraction of sp³-hybridized carbons (Fsp3) is 0.857. The lowest BCUT2D eigenvalue weighted by atomic mass is 10.4. The third-order valence-electron chi connectivity index (χ3n) is 1.49. The third-order valence-corrected chi connectivity index (χ3v) is 1.49. The minimum absolute atomic E-state index is 1.03. The Morgan fingerprint density at radius 2 is 2.00 bits per heavy atom. The van der Waals surface area contributed by atoms with E-state index >= 15 is 0 Å².